The lowest BCUT2D eigenvalue weighted by Gasteiger charge is -2.43. The number of aliphatic carboxylic acids is 1. The van der Waals surface area contributed by atoms with E-state index in [0.29, 0.717) is 52.7 Å². The molecule has 0 spiro atoms. The molecule has 0 amide bonds. The van der Waals surface area contributed by atoms with Gasteiger partial charge < -0.3 is 80.2 Å². The summed E-state index contributed by atoms with van der Waals surface area (Å²) < 4.78 is 43.5. The van der Waals surface area contributed by atoms with Crippen molar-refractivity contribution in [2.45, 2.75) is 86.4 Å². The van der Waals surface area contributed by atoms with Crippen molar-refractivity contribution in [3.63, 3.8) is 0 Å². The largest absolute Gasteiger partial charge is 0.487 e. The standard InChI is InChI=1S/C45H46N4O15/c46-44(47)43(62-31(54)16-30(52)53)42-36(56)35(55)37(57)45(64-42)60-24-14-23(18-49-17-22-11-12-48-34(22)27(49)19-50)32-29(15-24)61-38-25(21-6-2-1-3-7-21)8-4-5-13-58-40-28(59-20-51)10-9-26-33(38)41(32)63-39(26)40/h1-3,6-7,9-12,14-15,25,33,35-38,41-45,50-51,55-57H,5,13,16-20,46-47H2,(H,52,53)/t25-,33-,35+,36+,37-,38-,41+,42+,43-,45-/m1/s1. The summed E-state index contributed by atoms with van der Waals surface area (Å²) >= 11 is 0. The number of aliphatic imine (C=N–C) groups is 1. The number of carboxylic acid groups (broad SMARTS) is 1. The molecule has 1 saturated heterocycles. The van der Waals surface area contributed by atoms with Gasteiger partial charge in [0.15, 0.2) is 24.4 Å². The van der Waals surface area contributed by atoms with E-state index >= 15 is 0 Å². The molecule has 336 valence electrons. The number of carbonyl (C=O) groups excluding carboxylic acids is 1. The number of esters is 1. The number of nitrogens with zero attached hydrogens (tertiary/aromatic N) is 2. The molecule has 19 heteroatoms. The normalized spacial score (nSPS) is 27.7. The first-order valence-electron chi connectivity index (χ1n) is 20.6. The Hall–Kier alpha value is -6.21. The molecule has 4 bridgehead atoms. The highest BCUT2D eigenvalue weighted by Gasteiger charge is 2.53. The number of rotatable bonds is 13. The van der Waals surface area contributed by atoms with E-state index in [0.717, 1.165) is 16.7 Å². The summed E-state index contributed by atoms with van der Waals surface area (Å²) in [7, 11) is 0. The highest BCUT2D eigenvalue weighted by molar-refractivity contribution is 5.90. The van der Waals surface area contributed by atoms with Crippen LogP contribution in [0.25, 0.3) is 0 Å². The number of carboxylic acids is 1. The molecule has 10 N–H and O–H groups in total. The van der Waals surface area contributed by atoms with Gasteiger partial charge in [0.05, 0.1) is 42.6 Å². The summed E-state index contributed by atoms with van der Waals surface area (Å²) in [6, 6.07) is 16.5. The van der Waals surface area contributed by atoms with E-state index in [2.05, 4.69) is 16.8 Å². The maximum absolute atomic E-state index is 12.4. The fourth-order valence-corrected chi connectivity index (χ4v) is 9.18. The maximum atomic E-state index is 12.4. The first-order chi connectivity index (χ1) is 30.9. The average Bonchev–Trinajstić information content (AvgIpc) is 3.98. The Kier molecular flexibility index (Phi) is 11.9. The van der Waals surface area contributed by atoms with Crippen molar-refractivity contribution in [3.8, 4) is 40.6 Å². The molecular weight excluding hydrogens is 837 g/mol. The third kappa shape index (κ3) is 7.88. The minimum Gasteiger partial charge on any atom is -0.487 e. The van der Waals surface area contributed by atoms with Crippen LogP contribution >= 0.6 is 0 Å². The molecule has 0 saturated carbocycles. The number of allylic oxidation sites excluding steroid dienone is 1. The van der Waals surface area contributed by atoms with Crippen molar-refractivity contribution in [2.75, 3.05) is 26.6 Å². The lowest BCUT2D eigenvalue weighted by molar-refractivity contribution is -0.291. The zero-order valence-corrected chi connectivity index (χ0v) is 34.1. The predicted molar refractivity (Wildman–Crippen MR) is 221 cm³/mol. The molecule has 19 nitrogen and oxygen atoms in total. The van der Waals surface area contributed by atoms with Crippen LogP contribution in [-0.4, -0.2) is 129 Å². The summed E-state index contributed by atoms with van der Waals surface area (Å²) in [6.45, 7) is -0.146. The Morgan fingerprint density at radius 3 is 2.56 bits per heavy atom. The third-order valence-corrected chi connectivity index (χ3v) is 12.0. The van der Waals surface area contributed by atoms with Crippen molar-refractivity contribution >= 4 is 18.2 Å². The number of benzene rings is 3. The van der Waals surface area contributed by atoms with Gasteiger partial charge in [-0.25, -0.2) is 0 Å². The van der Waals surface area contributed by atoms with Gasteiger partial charge in [-0.3, -0.25) is 14.6 Å². The fraction of sp³-hybridized carbons (Fsp3) is 0.400. The predicted octanol–water partition coefficient (Wildman–Crippen LogP) is 0.410. The number of aliphatic hydroxyl groups is 5. The summed E-state index contributed by atoms with van der Waals surface area (Å²) in [4.78, 5) is 30.1. The zero-order valence-electron chi connectivity index (χ0n) is 34.1. The van der Waals surface area contributed by atoms with E-state index in [1.807, 2.05) is 47.4 Å². The van der Waals surface area contributed by atoms with Crippen LogP contribution in [0.1, 0.15) is 53.0 Å². The molecule has 6 heterocycles. The van der Waals surface area contributed by atoms with Crippen LogP contribution in [-0.2, 0) is 25.6 Å². The second-order valence-electron chi connectivity index (χ2n) is 16.0. The topological polar surface area (TPSA) is 288 Å². The van der Waals surface area contributed by atoms with Crippen molar-refractivity contribution in [2.24, 2.45) is 16.5 Å². The van der Waals surface area contributed by atoms with Gasteiger partial charge in [0, 0.05) is 48.5 Å². The van der Waals surface area contributed by atoms with E-state index in [1.54, 1.807) is 24.4 Å². The summed E-state index contributed by atoms with van der Waals surface area (Å²) in [5.41, 5.74) is 16.8. The summed E-state index contributed by atoms with van der Waals surface area (Å²) in [5.74, 6) is 4.33. The first-order valence-corrected chi connectivity index (χ1v) is 20.6. The Morgan fingerprint density at radius 1 is 1.00 bits per heavy atom. The number of aliphatic hydroxyl groups excluding tert-OH is 5. The van der Waals surface area contributed by atoms with Crippen LogP contribution in [0.5, 0.6) is 28.7 Å². The van der Waals surface area contributed by atoms with Crippen LogP contribution in [0.4, 0.5) is 0 Å². The van der Waals surface area contributed by atoms with Gasteiger partial charge in [-0.15, -0.1) is 0 Å². The van der Waals surface area contributed by atoms with Crippen molar-refractivity contribution in [1.29, 1.82) is 0 Å². The second-order valence-corrected chi connectivity index (χ2v) is 16.0. The van der Waals surface area contributed by atoms with E-state index in [9.17, 15) is 35.1 Å². The van der Waals surface area contributed by atoms with Gasteiger partial charge in [0.25, 0.3) is 0 Å². The minimum absolute atomic E-state index is 0.0604. The van der Waals surface area contributed by atoms with E-state index < -0.39 is 92.2 Å². The smallest absolute Gasteiger partial charge is 0.317 e. The van der Waals surface area contributed by atoms with E-state index in [-0.39, 0.29) is 31.3 Å². The van der Waals surface area contributed by atoms with Crippen LogP contribution < -0.4 is 35.2 Å². The molecule has 0 unspecified atom stereocenters. The Morgan fingerprint density at radius 2 is 1.81 bits per heavy atom. The monoisotopic (exact) mass is 882 g/mol. The van der Waals surface area contributed by atoms with Gasteiger partial charge in [0.1, 0.15) is 54.5 Å². The summed E-state index contributed by atoms with van der Waals surface area (Å²) in [6.07, 6.45) is -11.0. The quantitative estimate of drug-likeness (QED) is 0.0499. The van der Waals surface area contributed by atoms with Gasteiger partial charge in [-0.1, -0.05) is 48.2 Å². The fourth-order valence-electron chi connectivity index (χ4n) is 9.18. The van der Waals surface area contributed by atoms with Crippen LogP contribution in [0.2, 0.25) is 0 Å². The molecular formula is C45H46N4O15. The highest BCUT2D eigenvalue weighted by Crippen LogP contribution is 2.61. The minimum atomic E-state index is -1.94. The number of ether oxygens (including phenoxy) is 7. The number of hydrogen-bond donors (Lipinski definition) is 8. The molecule has 10 atom stereocenters. The molecule has 0 aromatic heterocycles. The molecule has 0 aliphatic carbocycles. The molecule has 3 aromatic carbocycles. The van der Waals surface area contributed by atoms with E-state index in [4.69, 9.17) is 49.7 Å². The molecule has 64 heavy (non-hydrogen) atoms. The lowest BCUT2D eigenvalue weighted by atomic mass is 9.76. The SMILES string of the molecule is NC(N)[C@H](OC(=O)CC(=O)O)[C@H]1O[C@@H](Oc2cc(CN3CC4=CC=NC4=C3CO)c3c(c2)O[C@H]2[C@H]4c5ccc(OCO)c(c5O[C@@H]34)OCCC#C[C@@H]2c2ccccc2)[C@H](O)[C@@H](O)[C@@H]1O. The third-order valence-electron chi connectivity index (χ3n) is 12.0. The maximum Gasteiger partial charge on any atom is 0.317 e. The number of hydrogen-bond acceptors (Lipinski definition) is 18. The number of nitrogens with two attached hydrogens (primary N) is 2. The lowest BCUT2D eigenvalue weighted by Crippen LogP contribution is -2.66. The molecule has 3 aromatic rings. The molecule has 0 radical (unpaired) electrons. The van der Waals surface area contributed by atoms with Crippen molar-refractivity contribution in [3.05, 3.63) is 99.9 Å². The zero-order chi connectivity index (χ0) is 44.8. The Bertz CT molecular complexity index is 2470. The highest BCUT2D eigenvalue weighted by atomic mass is 16.7. The van der Waals surface area contributed by atoms with Crippen LogP contribution in [0, 0.1) is 11.8 Å². The van der Waals surface area contributed by atoms with Crippen molar-refractivity contribution < 1.29 is 73.4 Å². The van der Waals surface area contributed by atoms with Crippen LogP contribution in [0.3, 0.4) is 0 Å². The summed E-state index contributed by atoms with van der Waals surface area (Å²) in [5, 5.41) is 62.9. The van der Waals surface area contributed by atoms with Crippen molar-refractivity contribution in [1.82, 2.24) is 4.90 Å². The Labute approximate surface area is 365 Å². The second kappa shape index (κ2) is 17.8. The molecule has 6 aliphatic rings. The first kappa shape index (κ1) is 43.1. The van der Waals surface area contributed by atoms with Crippen LogP contribution in [0.15, 0.2) is 82.6 Å². The van der Waals surface area contributed by atoms with E-state index in [1.165, 1.54) is 0 Å². The van der Waals surface area contributed by atoms with Gasteiger partial charge in [-0.2, -0.15) is 0 Å². The molecule has 6 aliphatic heterocycles. The number of fused-ring (bicyclic) bond motifs is 3. The van der Waals surface area contributed by atoms with Gasteiger partial charge >= 0.3 is 11.9 Å². The average molecular weight is 883 g/mol. The van der Waals surface area contributed by atoms with Gasteiger partial charge in [-0.05, 0) is 29.3 Å². The van der Waals surface area contributed by atoms with Gasteiger partial charge in [0.2, 0.25) is 12.0 Å². The number of carbonyl (C=O) groups is 2. The molecule has 9 rings (SSSR count). The Balaban J connectivity index is 1.16. The molecule has 1 fully saturated rings.